The summed E-state index contributed by atoms with van der Waals surface area (Å²) < 4.78 is 0. The van der Waals surface area contributed by atoms with Crippen molar-refractivity contribution in [3.05, 3.63) is 36.3 Å². The second kappa shape index (κ2) is 5.72. The third kappa shape index (κ3) is 2.43. The molecule has 1 aromatic rings. The van der Waals surface area contributed by atoms with Crippen molar-refractivity contribution >= 4 is 17.9 Å². The molecule has 1 aromatic heterocycles. The van der Waals surface area contributed by atoms with Gasteiger partial charge in [0.25, 0.3) is 0 Å². The first kappa shape index (κ1) is 15.4. The summed E-state index contributed by atoms with van der Waals surface area (Å²) in [5, 5.41) is 3.05. The Balaban J connectivity index is 1.56. The molecule has 2 saturated carbocycles. The molecule has 0 aromatic carbocycles. The molecular weight excluding hydrogens is 300 g/mol. The van der Waals surface area contributed by atoms with Crippen LogP contribution in [0.3, 0.4) is 0 Å². The monoisotopic (exact) mass is 324 g/mol. The van der Waals surface area contributed by atoms with Gasteiger partial charge in [-0.1, -0.05) is 12.5 Å². The van der Waals surface area contributed by atoms with Crippen LogP contribution in [0, 0.1) is 5.41 Å². The van der Waals surface area contributed by atoms with Crippen LogP contribution in [0.1, 0.15) is 45.4 Å². The van der Waals surface area contributed by atoms with Gasteiger partial charge in [0.1, 0.15) is 5.82 Å². The summed E-state index contributed by atoms with van der Waals surface area (Å²) in [5.41, 5.74) is 1.09. The zero-order chi connectivity index (χ0) is 16.6. The maximum atomic E-state index is 13.0. The van der Waals surface area contributed by atoms with Crippen molar-refractivity contribution in [1.29, 1.82) is 0 Å². The van der Waals surface area contributed by atoms with E-state index >= 15 is 0 Å². The SMILES string of the molecule is CC1=CN=CCN1C12CCCC(C(=O)Nc3ccccn3)(CC1)C2. The summed E-state index contributed by atoms with van der Waals surface area (Å²) in [7, 11) is 0. The van der Waals surface area contributed by atoms with E-state index in [1.165, 1.54) is 12.1 Å². The summed E-state index contributed by atoms with van der Waals surface area (Å²) in [4.78, 5) is 24.0. The number of hydrogen-bond acceptors (Lipinski definition) is 4. The number of aromatic nitrogens is 1. The first-order valence-corrected chi connectivity index (χ1v) is 8.82. The molecular formula is C19H24N4O. The fourth-order valence-electron chi connectivity index (χ4n) is 4.89. The molecule has 2 heterocycles. The summed E-state index contributed by atoms with van der Waals surface area (Å²) >= 11 is 0. The summed E-state index contributed by atoms with van der Waals surface area (Å²) in [6.07, 6.45) is 11.9. The summed E-state index contributed by atoms with van der Waals surface area (Å²) in [6.45, 7) is 2.99. The highest BCUT2D eigenvalue weighted by atomic mass is 16.2. The highest BCUT2D eigenvalue weighted by Crippen LogP contribution is 2.57. The Morgan fingerprint density at radius 2 is 2.17 bits per heavy atom. The Labute approximate surface area is 142 Å². The van der Waals surface area contributed by atoms with Crippen LogP contribution in [-0.2, 0) is 4.79 Å². The Bertz CT molecular complexity index is 699. The van der Waals surface area contributed by atoms with E-state index in [0.717, 1.165) is 38.6 Å². The van der Waals surface area contributed by atoms with Crippen molar-refractivity contribution < 1.29 is 4.79 Å². The number of nitrogens with one attached hydrogen (secondary N) is 1. The first-order valence-electron chi connectivity index (χ1n) is 8.82. The van der Waals surface area contributed by atoms with Gasteiger partial charge < -0.3 is 10.2 Å². The van der Waals surface area contributed by atoms with Crippen molar-refractivity contribution in [3.8, 4) is 0 Å². The number of nitrogens with zero attached hydrogens (tertiary/aromatic N) is 3. The van der Waals surface area contributed by atoms with Crippen LogP contribution in [0.4, 0.5) is 5.82 Å². The summed E-state index contributed by atoms with van der Waals surface area (Å²) in [6, 6.07) is 5.62. The Morgan fingerprint density at radius 1 is 1.25 bits per heavy atom. The minimum Gasteiger partial charge on any atom is -0.363 e. The van der Waals surface area contributed by atoms with E-state index in [1.54, 1.807) is 6.20 Å². The van der Waals surface area contributed by atoms with Crippen LogP contribution in [-0.4, -0.2) is 34.1 Å². The van der Waals surface area contributed by atoms with Crippen molar-refractivity contribution in [1.82, 2.24) is 9.88 Å². The van der Waals surface area contributed by atoms with E-state index in [0.29, 0.717) is 5.82 Å². The molecule has 1 aliphatic heterocycles. The van der Waals surface area contributed by atoms with E-state index in [2.05, 4.69) is 27.1 Å². The Kier molecular flexibility index (Phi) is 3.66. The van der Waals surface area contributed by atoms with Gasteiger partial charge in [-0.15, -0.1) is 0 Å². The molecule has 2 fully saturated rings. The minimum absolute atomic E-state index is 0.118. The number of amides is 1. The van der Waals surface area contributed by atoms with E-state index in [1.807, 2.05) is 30.6 Å². The highest BCUT2D eigenvalue weighted by Gasteiger charge is 2.57. The average Bonchev–Trinajstić information content (AvgIpc) is 2.89. The van der Waals surface area contributed by atoms with Crippen LogP contribution >= 0.6 is 0 Å². The van der Waals surface area contributed by atoms with Gasteiger partial charge in [-0.3, -0.25) is 9.79 Å². The van der Waals surface area contributed by atoms with Gasteiger partial charge in [-0.25, -0.2) is 4.98 Å². The molecule has 2 aliphatic carbocycles. The molecule has 1 N–H and O–H groups in total. The second-order valence-corrected chi connectivity index (χ2v) is 7.42. The predicted octanol–water partition coefficient (Wildman–Crippen LogP) is 3.36. The van der Waals surface area contributed by atoms with Crippen molar-refractivity contribution in [2.45, 2.75) is 51.0 Å². The van der Waals surface area contributed by atoms with Gasteiger partial charge in [-0.05, 0) is 51.2 Å². The molecule has 0 radical (unpaired) electrons. The zero-order valence-electron chi connectivity index (χ0n) is 14.2. The standard InChI is InChI=1S/C19H24N4O/c1-15-13-20-11-12-23(15)19-7-4-6-18(14-19,8-9-19)17(24)22-16-5-2-3-10-21-16/h2-3,5,10-11,13H,4,6-9,12,14H2,1H3,(H,21,22,24). The van der Waals surface area contributed by atoms with Gasteiger partial charge in [0.05, 0.1) is 12.0 Å². The number of allylic oxidation sites excluding steroid dienone is 1. The molecule has 4 rings (SSSR count). The van der Waals surface area contributed by atoms with Crippen molar-refractivity contribution in [3.63, 3.8) is 0 Å². The fourth-order valence-corrected chi connectivity index (χ4v) is 4.89. The largest absolute Gasteiger partial charge is 0.363 e. The number of hydrogen-bond donors (Lipinski definition) is 1. The second-order valence-electron chi connectivity index (χ2n) is 7.42. The minimum atomic E-state index is -0.245. The Morgan fingerprint density at radius 3 is 2.96 bits per heavy atom. The van der Waals surface area contributed by atoms with Crippen molar-refractivity contribution in [2.24, 2.45) is 10.4 Å². The maximum Gasteiger partial charge on any atom is 0.231 e. The molecule has 2 bridgehead atoms. The van der Waals surface area contributed by atoms with E-state index in [-0.39, 0.29) is 16.9 Å². The number of carbonyl (C=O) groups excluding carboxylic acids is 1. The van der Waals surface area contributed by atoms with E-state index in [9.17, 15) is 4.79 Å². The quantitative estimate of drug-likeness (QED) is 0.927. The molecule has 2 atom stereocenters. The molecule has 1 amide bonds. The molecule has 5 nitrogen and oxygen atoms in total. The molecule has 0 spiro atoms. The number of rotatable bonds is 3. The lowest BCUT2D eigenvalue weighted by molar-refractivity contribution is -0.127. The van der Waals surface area contributed by atoms with E-state index in [4.69, 9.17) is 0 Å². The van der Waals surface area contributed by atoms with Gasteiger partial charge in [0, 0.05) is 29.8 Å². The van der Waals surface area contributed by atoms with E-state index < -0.39 is 0 Å². The lowest BCUT2D eigenvalue weighted by Crippen LogP contribution is -2.51. The normalized spacial score (nSPS) is 31.7. The molecule has 3 aliphatic rings. The fraction of sp³-hybridized carbons (Fsp3) is 0.526. The zero-order valence-corrected chi connectivity index (χ0v) is 14.2. The smallest absolute Gasteiger partial charge is 0.231 e. The van der Waals surface area contributed by atoms with Gasteiger partial charge in [0.2, 0.25) is 5.91 Å². The number of fused-ring (bicyclic) bond motifs is 2. The molecule has 126 valence electrons. The average molecular weight is 324 g/mol. The lowest BCUT2D eigenvalue weighted by Gasteiger charge is -2.47. The van der Waals surface area contributed by atoms with Crippen LogP contribution in [0.5, 0.6) is 0 Å². The molecule has 2 unspecified atom stereocenters. The highest BCUT2D eigenvalue weighted by molar-refractivity contribution is 5.95. The number of anilines is 1. The number of aliphatic imine (C=N–C) groups is 1. The third-order valence-electron chi connectivity index (χ3n) is 6.05. The van der Waals surface area contributed by atoms with Gasteiger partial charge >= 0.3 is 0 Å². The van der Waals surface area contributed by atoms with Crippen LogP contribution < -0.4 is 5.32 Å². The van der Waals surface area contributed by atoms with Crippen LogP contribution in [0.15, 0.2) is 41.3 Å². The predicted molar refractivity (Wildman–Crippen MR) is 94.7 cm³/mol. The Hall–Kier alpha value is -2.17. The van der Waals surface area contributed by atoms with Crippen molar-refractivity contribution in [2.75, 3.05) is 11.9 Å². The lowest BCUT2D eigenvalue weighted by atomic mass is 9.71. The van der Waals surface area contributed by atoms with Crippen LogP contribution in [0.2, 0.25) is 0 Å². The van der Waals surface area contributed by atoms with Gasteiger partial charge in [0.15, 0.2) is 0 Å². The summed E-state index contributed by atoms with van der Waals surface area (Å²) in [5.74, 6) is 0.802. The first-order chi connectivity index (χ1) is 11.6. The van der Waals surface area contributed by atoms with Crippen LogP contribution in [0.25, 0.3) is 0 Å². The number of pyridine rings is 1. The van der Waals surface area contributed by atoms with Gasteiger partial charge in [-0.2, -0.15) is 0 Å². The number of carbonyl (C=O) groups is 1. The topological polar surface area (TPSA) is 57.6 Å². The third-order valence-corrected chi connectivity index (χ3v) is 6.05. The maximum absolute atomic E-state index is 13.0. The molecule has 5 heteroatoms. The molecule has 0 saturated heterocycles. The molecule has 24 heavy (non-hydrogen) atoms.